The topological polar surface area (TPSA) is 33.1 Å². The van der Waals surface area contributed by atoms with Crippen molar-refractivity contribution in [2.75, 3.05) is 24.3 Å². The van der Waals surface area contributed by atoms with Gasteiger partial charge in [-0.3, -0.25) is 0 Å². The number of para-hydroxylation sites is 1. The van der Waals surface area contributed by atoms with E-state index in [2.05, 4.69) is 54.0 Å². The molecule has 4 nitrogen and oxygen atoms in total. The van der Waals surface area contributed by atoms with E-state index in [4.69, 9.17) is 0 Å². The predicted octanol–water partition coefficient (Wildman–Crippen LogP) is 2.97. The monoisotopic (exact) mass is 272 g/mol. The van der Waals surface area contributed by atoms with Crippen LogP contribution in [0, 0.1) is 6.92 Å². The molecule has 0 saturated heterocycles. The van der Waals surface area contributed by atoms with E-state index in [9.17, 15) is 0 Å². The molecule has 0 aliphatic heterocycles. The first kappa shape index (κ1) is 14.4. The number of rotatable bonds is 5. The van der Waals surface area contributed by atoms with Gasteiger partial charge in [0.2, 0.25) is 5.95 Å². The standard InChI is InChI=1S/C16H24N4/c1-6-13-9-7-8-12(2)15(13)17-10-14-11-18-16(19(3)4)20(14)5/h7-9,11,17H,6,10H2,1-5H3. The van der Waals surface area contributed by atoms with Crippen LogP contribution >= 0.6 is 0 Å². The van der Waals surface area contributed by atoms with Crippen LogP contribution in [0.2, 0.25) is 0 Å². The second-order valence-corrected chi connectivity index (χ2v) is 5.32. The summed E-state index contributed by atoms with van der Waals surface area (Å²) in [6.45, 7) is 5.12. The fourth-order valence-electron chi connectivity index (χ4n) is 2.47. The molecule has 2 rings (SSSR count). The van der Waals surface area contributed by atoms with E-state index in [-0.39, 0.29) is 0 Å². The fourth-order valence-corrected chi connectivity index (χ4v) is 2.47. The predicted molar refractivity (Wildman–Crippen MR) is 85.4 cm³/mol. The normalized spacial score (nSPS) is 10.7. The quantitative estimate of drug-likeness (QED) is 0.908. The van der Waals surface area contributed by atoms with Gasteiger partial charge < -0.3 is 14.8 Å². The maximum atomic E-state index is 4.44. The van der Waals surface area contributed by atoms with Crippen molar-refractivity contribution in [3.8, 4) is 0 Å². The molecule has 1 aromatic carbocycles. The summed E-state index contributed by atoms with van der Waals surface area (Å²) in [5.74, 6) is 0.974. The van der Waals surface area contributed by atoms with Gasteiger partial charge in [-0.05, 0) is 24.5 Å². The first-order valence-electron chi connectivity index (χ1n) is 7.04. The molecule has 1 heterocycles. The van der Waals surface area contributed by atoms with E-state index in [1.54, 1.807) is 0 Å². The van der Waals surface area contributed by atoms with Crippen molar-refractivity contribution >= 4 is 11.6 Å². The smallest absolute Gasteiger partial charge is 0.204 e. The Morgan fingerprint density at radius 3 is 2.65 bits per heavy atom. The Morgan fingerprint density at radius 2 is 2.05 bits per heavy atom. The number of nitrogens with one attached hydrogen (secondary N) is 1. The molecule has 20 heavy (non-hydrogen) atoms. The van der Waals surface area contributed by atoms with E-state index in [0.29, 0.717) is 0 Å². The zero-order chi connectivity index (χ0) is 14.7. The van der Waals surface area contributed by atoms with Gasteiger partial charge in [0.05, 0.1) is 18.4 Å². The molecule has 0 aliphatic rings. The molecule has 108 valence electrons. The minimum Gasteiger partial charge on any atom is -0.379 e. The molecule has 0 bridgehead atoms. The average Bonchev–Trinajstić information content (AvgIpc) is 2.78. The number of aryl methyl sites for hydroxylation is 2. The Hall–Kier alpha value is -1.97. The highest BCUT2D eigenvalue weighted by Crippen LogP contribution is 2.22. The molecule has 0 atom stereocenters. The summed E-state index contributed by atoms with van der Waals surface area (Å²) in [6.07, 6.45) is 2.98. The maximum Gasteiger partial charge on any atom is 0.204 e. The van der Waals surface area contributed by atoms with Crippen LogP contribution in [-0.4, -0.2) is 23.6 Å². The lowest BCUT2D eigenvalue weighted by Crippen LogP contribution is -2.15. The highest BCUT2D eigenvalue weighted by Gasteiger charge is 2.09. The zero-order valence-corrected chi connectivity index (χ0v) is 13.1. The summed E-state index contributed by atoms with van der Waals surface area (Å²) in [5.41, 5.74) is 5.08. The third-order valence-electron chi connectivity index (χ3n) is 3.65. The van der Waals surface area contributed by atoms with Crippen LogP contribution in [0.4, 0.5) is 11.6 Å². The Bertz CT molecular complexity index is 584. The highest BCUT2D eigenvalue weighted by atomic mass is 15.3. The minimum atomic E-state index is 0.787. The van der Waals surface area contributed by atoms with E-state index in [1.807, 2.05) is 25.2 Å². The van der Waals surface area contributed by atoms with Crippen LogP contribution in [0.1, 0.15) is 23.7 Å². The van der Waals surface area contributed by atoms with E-state index >= 15 is 0 Å². The summed E-state index contributed by atoms with van der Waals surface area (Å²) >= 11 is 0. The summed E-state index contributed by atoms with van der Waals surface area (Å²) in [5, 5.41) is 3.56. The molecule has 0 fully saturated rings. The molecule has 0 unspecified atom stereocenters. The molecule has 0 spiro atoms. The van der Waals surface area contributed by atoms with Crippen LogP contribution in [-0.2, 0) is 20.0 Å². The Labute approximate surface area is 121 Å². The Balaban J connectivity index is 2.17. The van der Waals surface area contributed by atoms with Crippen LogP contribution < -0.4 is 10.2 Å². The lowest BCUT2D eigenvalue weighted by molar-refractivity contribution is 0.813. The van der Waals surface area contributed by atoms with Gasteiger partial charge >= 0.3 is 0 Å². The van der Waals surface area contributed by atoms with Crippen molar-refractivity contribution in [3.63, 3.8) is 0 Å². The van der Waals surface area contributed by atoms with Gasteiger partial charge in [-0.15, -0.1) is 0 Å². The molecule has 0 aliphatic carbocycles. The molecular weight excluding hydrogens is 248 g/mol. The molecular formula is C16H24N4. The van der Waals surface area contributed by atoms with Crippen molar-refractivity contribution in [2.24, 2.45) is 7.05 Å². The Morgan fingerprint density at radius 1 is 1.30 bits per heavy atom. The zero-order valence-electron chi connectivity index (χ0n) is 13.1. The second-order valence-electron chi connectivity index (χ2n) is 5.32. The van der Waals surface area contributed by atoms with E-state index < -0.39 is 0 Å². The van der Waals surface area contributed by atoms with Gasteiger partial charge in [0.15, 0.2) is 0 Å². The SMILES string of the molecule is CCc1cccc(C)c1NCc1cnc(N(C)C)n1C. The van der Waals surface area contributed by atoms with Crippen LogP contribution in [0.15, 0.2) is 24.4 Å². The lowest BCUT2D eigenvalue weighted by Gasteiger charge is -2.15. The number of nitrogens with zero attached hydrogens (tertiary/aromatic N) is 3. The summed E-state index contributed by atoms with van der Waals surface area (Å²) < 4.78 is 2.12. The summed E-state index contributed by atoms with van der Waals surface area (Å²) in [6, 6.07) is 6.45. The lowest BCUT2D eigenvalue weighted by atomic mass is 10.1. The van der Waals surface area contributed by atoms with Crippen molar-refractivity contribution in [2.45, 2.75) is 26.8 Å². The van der Waals surface area contributed by atoms with Crippen molar-refractivity contribution in [1.82, 2.24) is 9.55 Å². The third kappa shape index (κ3) is 2.79. The molecule has 1 N–H and O–H groups in total. The average molecular weight is 272 g/mol. The molecule has 2 aromatic rings. The van der Waals surface area contributed by atoms with Gasteiger partial charge in [0.25, 0.3) is 0 Å². The summed E-state index contributed by atoms with van der Waals surface area (Å²) in [7, 11) is 6.07. The first-order chi connectivity index (χ1) is 9.54. The van der Waals surface area contributed by atoms with E-state index in [0.717, 1.165) is 18.9 Å². The number of hydrogen-bond donors (Lipinski definition) is 1. The third-order valence-corrected chi connectivity index (χ3v) is 3.65. The second kappa shape index (κ2) is 5.99. The molecule has 1 aromatic heterocycles. The van der Waals surface area contributed by atoms with Gasteiger partial charge in [-0.25, -0.2) is 4.98 Å². The fraction of sp³-hybridized carbons (Fsp3) is 0.438. The number of aromatic nitrogens is 2. The van der Waals surface area contributed by atoms with Crippen LogP contribution in [0.25, 0.3) is 0 Å². The Kier molecular flexibility index (Phi) is 4.32. The molecule has 0 radical (unpaired) electrons. The highest BCUT2D eigenvalue weighted by molar-refractivity contribution is 5.57. The van der Waals surface area contributed by atoms with Gasteiger partial charge in [0.1, 0.15) is 0 Å². The van der Waals surface area contributed by atoms with Crippen molar-refractivity contribution in [1.29, 1.82) is 0 Å². The number of anilines is 2. The molecule has 0 saturated carbocycles. The van der Waals surface area contributed by atoms with Crippen LogP contribution in [0.3, 0.4) is 0 Å². The molecule has 4 heteroatoms. The number of benzene rings is 1. The maximum absolute atomic E-state index is 4.44. The van der Waals surface area contributed by atoms with Gasteiger partial charge in [0, 0.05) is 26.8 Å². The van der Waals surface area contributed by atoms with Gasteiger partial charge in [-0.2, -0.15) is 0 Å². The van der Waals surface area contributed by atoms with Crippen molar-refractivity contribution < 1.29 is 0 Å². The van der Waals surface area contributed by atoms with Crippen LogP contribution in [0.5, 0.6) is 0 Å². The van der Waals surface area contributed by atoms with Gasteiger partial charge in [-0.1, -0.05) is 25.1 Å². The van der Waals surface area contributed by atoms with Crippen molar-refractivity contribution in [3.05, 3.63) is 41.2 Å². The number of imidazole rings is 1. The summed E-state index contributed by atoms with van der Waals surface area (Å²) in [4.78, 5) is 6.46. The number of hydrogen-bond acceptors (Lipinski definition) is 3. The first-order valence-corrected chi connectivity index (χ1v) is 7.04. The molecule has 0 amide bonds. The largest absolute Gasteiger partial charge is 0.379 e. The minimum absolute atomic E-state index is 0.787. The van der Waals surface area contributed by atoms with E-state index in [1.165, 1.54) is 22.5 Å².